The Morgan fingerprint density at radius 2 is 2.08 bits per heavy atom. The molecule has 0 unspecified atom stereocenters. The van der Waals surface area contributed by atoms with Crippen LogP contribution in [0.2, 0.25) is 0 Å². The summed E-state index contributed by atoms with van der Waals surface area (Å²) in [5.74, 6) is 1.47. The molecule has 3 atom stereocenters. The smallest absolute Gasteiger partial charge is 0.251 e. The summed E-state index contributed by atoms with van der Waals surface area (Å²) in [6.45, 7) is 0. The van der Waals surface area contributed by atoms with Gasteiger partial charge in [-0.15, -0.1) is 11.3 Å². The van der Waals surface area contributed by atoms with Crippen LogP contribution in [0.1, 0.15) is 29.6 Å². The minimum absolute atomic E-state index is 0.0151. The zero-order valence-corrected chi connectivity index (χ0v) is 14.3. The van der Waals surface area contributed by atoms with E-state index in [2.05, 4.69) is 10.6 Å². The van der Waals surface area contributed by atoms with E-state index in [9.17, 15) is 4.79 Å². The fourth-order valence-corrected chi connectivity index (χ4v) is 4.21. The lowest BCUT2D eigenvalue weighted by atomic mass is 9.95. The summed E-state index contributed by atoms with van der Waals surface area (Å²) in [5, 5.41) is 9.33. The first-order valence-electron chi connectivity index (χ1n) is 8.18. The van der Waals surface area contributed by atoms with Gasteiger partial charge in [-0.1, -0.05) is 0 Å². The van der Waals surface area contributed by atoms with Crippen LogP contribution in [0.25, 0.3) is 0 Å². The minimum atomic E-state index is -0.0151. The Kier molecular flexibility index (Phi) is 4.16. The van der Waals surface area contributed by atoms with Crippen LogP contribution in [0.5, 0.6) is 16.6 Å². The minimum Gasteiger partial charge on any atom is -0.496 e. The number of hydrogen-bond donors (Lipinski definition) is 2. The Bertz CT molecular complexity index is 728. The summed E-state index contributed by atoms with van der Waals surface area (Å²) < 4.78 is 10.9. The Morgan fingerprint density at radius 3 is 2.71 bits per heavy atom. The number of fused-ring (bicyclic) bond motifs is 2. The lowest BCUT2D eigenvalue weighted by molar-refractivity contribution is 0.0931. The topological polar surface area (TPSA) is 59.6 Å². The van der Waals surface area contributed by atoms with Crippen molar-refractivity contribution in [2.24, 2.45) is 0 Å². The van der Waals surface area contributed by atoms with Crippen LogP contribution >= 0.6 is 11.3 Å². The zero-order valence-electron chi connectivity index (χ0n) is 13.5. The van der Waals surface area contributed by atoms with E-state index in [-0.39, 0.29) is 11.9 Å². The molecule has 0 radical (unpaired) electrons. The number of hydrogen-bond acceptors (Lipinski definition) is 5. The largest absolute Gasteiger partial charge is 0.496 e. The molecule has 0 aliphatic carbocycles. The Hall–Kier alpha value is -2.05. The number of benzene rings is 1. The number of carbonyl (C=O) groups is 1. The number of thiophene rings is 1. The van der Waals surface area contributed by atoms with E-state index in [0.29, 0.717) is 23.4 Å². The van der Waals surface area contributed by atoms with Gasteiger partial charge in [0.2, 0.25) is 0 Å². The van der Waals surface area contributed by atoms with Crippen molar-refractivity contribution in [1.82, 2.24) is 10.6 Å². The average Bonchev–Trinajstić information content (AvgIpc) is 3.32. The second-order valence-corrected chi connectivity index (χ2v) is 7.17. The summed E-state index contributed by atoms with van der Waals surface area (Å²) >= 11 is 1.47. The lowest BCUT2D eigenvalue weighted by Gasteiger charge is -2.21. The molecule has 2 aromatic rings. The number of nitrogens with one attached hydrogen (secondary N) is 2. The zero-order chi connectivity index (χ0) is 16.5. The molecule has 126 valence electrons. The summed E-state index contributed by atoms with van der Waals surface area (Å²) in [5.41, 5.74) is 0.661. The van der Waals surface area contributed by atoms with E-state index in [4.69, 9.17) is 9.47 Å². The highest BCUT2D eigenvalue weighted by Gasteiger charge is 2.39. The van der Waals surface area contributed by atoms with Gasteiger partial charge in [0.15, 0.2) is 5.06 Å². The standard InChI is InChI=1S/C18H20N2O3S/c1-22-14-9-17(24-10-14)23-13-5-2-11(3-6-13)18(21)20-16-8-12-4-7-15(16)19-12/h2-3,5-6,9-10,12,15-16,19H,4,7-8H2,1H3,(H,20,21)/t12-,15+,16-/m1/s1. The molecule has 2 saturated heterocycles. The van der Waals surface area contributed by atoms with Gasteiger partial charge in [-0.25, -0.2) is 0 Å². The fraction of sp³-hybridized carbons (Fsp3) is 0.389. The third kappa shape index (κ3) is 3.12. The van der Waals surface area contributed by atoms with Crippen molar-refractivity contribution in [2.45, 2.75) is 37.4 Å². The van der Waals surface area contributed by atoms with Gasteiger partial charge in [-0.2, -0.15) is 0 Å². The van der Waals surface area contributed by atoms with Gasteiger partial charge in [0, 0.05) is 35.1 Å². The molecule has 2 N–H and O–H groups in total. The maximum absolute atomic E-state index is 12.4. The molecule has 4 rings (SSSR count). The Labute approximate surface area is 145 Å². The molecular weight excluding hydrogens is 324 g/mol. The predicted molar refractivity (Wildman–Crippen MR) is 93.2 cm³/mol. The maximum atomic E-state index is 12.4. The number of methoxy groups -OCH3 is 1. The Morgan fingerprint density at radius 1 is 1.25 bits per heavy atom. The first-order chi connectivity index (χ1) is 11.7. The lowest BCUT2D eigenvalue weighted by Crippen LogP contribution is -2.42. The summed E-state index contributed by atoms with van der Waals surface area (Å²) in [6, 6.07) is 10.4. The first-order valence-corrected chi connectivity index (χ1v) is 9.06. The summed E-state index contributed by atoms with van der Waals surface area (Å²) in [4.78, 5) is 12.4. The maximum Gasteiger partial charge on any atom is 0.251 e. The van der Waals surface area contributed by atoms with E-state index in [1.54, 1.807) is 19.2 Å². The van der Waals surface area contributed by atoms with Crippen molar-refractivity contribution in [2.75, 3.05) is 7.11 Å². The molecule has 2 bridgehead atoms. The van der Waals surface area contributed by atoms with Crippen LogP contribution in [0.4, 0.5) is 0 Å². The van der Waals surface area contributed by atoms with Gasteiger partial charge in [0.05, 0.1) is 7.11 Å². The second kappa shape index (κ2) is 6.45. The average molecular weight is 344 g/mol. The molecule has 1 amide bonds. The van der Waals surface area contributed by atoms with Crippen LogP contribution in [0, 0.1) is 0 Å². The van der Waals surface area contributed by atoms with Crippen molar-refractivity contribution in [3.8, 4) is 16.6 Å². The van der Waals surface area contributed by atoms with Gasteiger partial charge in [-0.05, 0) is 43.5 Å². The highest BCUT2D eigenvalue weighted by molar-refractivity contribution is 7.12. The molecule has 1 aromatic heterocycles. The van der Waals surface area contributed by atoms with Crippen LogP contribution in [-0.4, -0.2) is 31.1 Å². The van der Waals surface area contributed by atoms with Gasteiger partial charge in [0.25, 0.3) is 5.91 Å². The van der Waals surface area contributed by atoms with Crippen molar-refractivity contribution < 1.29 is 14.3 Å². The third-order valence-electron chi connectivity index (χ3n) is 4.74. The van der Waals surface area contributed by atoms with E-state index in [1.165, 1.54) is 17.8 Å². The molecule has 0 spiro atoms. The van der Waals surface area contributed by atoms with Crippen LogP contribution < -0.4 is 20.1 Å². The predicted octanol–water partition coefficient (Wildman–Crippen LogP) is 3.17. The number of ether oxygens (including phenoxy) is 2. The molecule has 1 aromatic carbocycles. The van der Waals surface area contributed by atoms with E-state index < -0.39 is 0 Å². The van der Waals surface area contributed by atoms with Crippen molar-refractivity contribution in [1.29, 1.82) is 0 Å². The fourth-order valence-electron chi connectivity index (χ4n) is 3.49. The molecule has 24 heavy (non-hydrogen) atoms. The quantitative estimate of drug-likeness (QED) is 0.875. The summed E-state index contributed by atoms with van der Waals surface area (Å²) in [6.07, 6.45) is 3.43. The van der Waals surface area contributed by atoms with E-state index >= 15 is 0 Å². The van der Waals surface area contributed by atoms with Crippen molar-refractivity contribution in [3.05, 3.63) is 41.3 Å². The molecule has 2 fully saturated rings. The second-order valence-electron chi connectivity index (χ2n) is 6.30. The molecule has 3 heterocycles. The summed E-state index contributed by atoms with van der Waals surface area (Å²) in [7, 11) is 1.63. The molecule has 5 nitrogen and oxygen atoms in total. The SMILES string of the molecule is COc1csc(Oc2ccc(C(=O)N[C@@H]3C[C@H]4CC[C@@H]3N4)cc2)c1. The van der Waals surface area contributed by atoms with Gasteiger partial charge >= 0.3 is 0 Å². The highest BCUT2D eigenvalue weighted by Crippen LogP contribution is 2.32. The highest BCUT2D eigenvalue weighted by atomic mass is 32.1. The van der Waals surface area contributed by atoms with Gasteiger partial charge in [0.1, 0.15) is 11.5 Å². The number of carbonyl (C=O) groups excluding carboxylic acids is 1. The molecule has 6 heteroatoms. The molecule has 0 saturated carbocycles. The van der Waals surface area contributed by atoms with Crippen LogP contribution in [-0.2, 0) is 0 Å². The molecular formula is C18H20N2O3S. The molecule has 2 aliphatic heterocycles. The monoisotopic (exact) mass is 344 g/mol. The molecule has 2 aliphatic rings. The number of amides is 1. The first kappa shape index (κ1) is 15.5. The van der Waals surface area contributed by atoms with E-state index in [1.807, 2.05) is 23.6 Å². The van der Waals surface area contributed by atoms with Crippen molar-refractivity contribution in [3.63, 3.8) is 0 Å². The van der Waals surface area contributed by atoms with E-state index in [0.717, 1.165) is 23.7 Å². The van der Waals surface area contributed by atoms with Gasteiger partial charge in [-0.3, -0.25) is 4.79 Å². The van der Waals surface area contributed by atoms with Crippen LogP contribution in [0.3, 0.4) is 0 Å². The Balaban J connectivity index is 1.37. The third-order valence-corrected chi connectivity index (χ3v) is 5.52. The number of rotatable bonds is 5. The van der Waals surface area contributed by atoms with Crippen molar-refractivity contribution >= 4 is 17.2 Å². The van der Waals surface area contributed by atoms with Gasteiger partial charge < -0.3 is 20.1 Å². The normalized spacial score (nSPS) is 24.8. The van der Waals surface area contributed by atoms with Crippen LogP contribution in [0.15, 0.2) is 35.7 Å².